The number of rotatable bonds is 29. The Labute approximate surface area is 241 Å². The Balaban J connectivity index is 3.94. The molecule has 0 aliphatic rings. The van der Waals surface area contributed by atoms with Crippen LogP contribution in [0.3, 0.4) is 0 Å². The van der Waals surface area contributed by atoms with Crippen LogP contribution in [-0.4, -0.2) is 48.7 Å². The van der Waals surface area contributed by atoms with Crippen molar-refractivity contribution in [3.8, 4) is 0 Å². The Morgan fingerprint density at radius 3 is 1.72 bits per heavy atom. The zero-order valence-corrected chi connectivity index (χ0v) is 26.0. The predicted molar refractivity (Wildman–Crippen MR) is 166 cm³/mol. The number of carbonyl (C=O) groups is 2. The highest BCUT2D eigenvalue weighted by atomic mass is 16.5. The van der Waals surface area contributed by atoms with E-state index in [4.69, 9.17) is 9.84 Å². The SMILES string of the molecule is CCCCC/C=C\C/C=C\CCCCCCCCCC(CCCCCCCC(=O)O)OC(=O)CCCN(C)C. The molecule has 228 valence electrons. The lowest BCUT2D eigenvalue weighted by Crippen LogP contribution is -2.20. The van der Waals surface area contributed by atoms with Crippen LogP contribution in [0.1, 0.15) is 155 Å². The van der Waals surface area contributed by atoms with Crippen LogP contribution in [-0.2, 0) is 14.3 Å². The Bertz CT molecular complexity index is 614. The van der Waals surface area contributed by atoms with E-state index in [0.717, 1.165) is 70.8 Å². The van der Waals surface area contributed by atoms with Gasteiger partial charge in [0, 0.05) is 12.8 Å². The van der Waals surface area contributed by atoms with Crippen molar-refractivity contribution in [2.45, 2.75) is 161 Å². The van der Waals surface area contributed by atoms with Gasteiger partial charge in [0.25, 0.3) is 0 Å². The van der Waals surface area contributed by atoms with Crippen LogP contribution < -0.4 is 0 Å². The molecule has 0 aliphatic carbocycles. The molecule has 0 fully saturated rings. The minimum atomic E-state index is -0.708. The summed E-state index contributed by atoms with van der Waals surface area (Å²) < 4.78 is 5.87. The molecule has 0 aromatic carbocycles. The molecule has 0 saturated carbocycles. The molecule has 0 amide bonds. The van der Waals surface area contributed by atoms with E-state index in [1.165, 1.54) is 70.6 Å². The van der Waals surface area contributed by atoms with Crippen molar-refractivity contribution in [2.75, 3.05) is 20.6 Å². The second-order valence-corrected chi connectivity index (χ2v) is 11.4. The summed E-state index contributed by atoms with van der Waals surface area (Å²) in [6.45, 7) is 3.16. The Kier molecular flexibility index (Phi) is 28.1. The Hall–Kier alpha value is -1.62. The van der Waals surface area contributed by atoms with Gasteiger partial charge in [-0.15, -0.1) is 0 Å². The summed E-state index contributed by atoms with van der Waals surface area (Å²) >= 11 is 0. The first kappa shape index (κ1) is 37.4. The maximum atomic E-state index is 12.4. The van der Waals surface area contributed by atoms with Gasteiger partial charge in [-0.1, -0.05) is 95.4 Å². The van der Waals surface area contributed by atoms with Gasteiger partial charge in [-0.25, -0.2) is 0 Å². The molecule has 0 aromatic heterocycles. The normalized spacial score (nSPS) is 12.6. The van der Waals surface area contributed by atoms with Crippen molar-refractivity contribution in [3.05, 3.63) is 24.3 Å². The molecule has 0 spiro atoms. The van der Waals surface area contributed by atoms with Crippen LogP contribution in [0.15, 0.2) is 24.3 Å². The molecule has 1 N–H and O–H groups in total. The molecule has 0 bridgehead atoms. The van der Waals surface area contributed by atoms with E-state index < -0.39 is 5.97 Å². The quantitative estimate of drug-likeness (QED) is 0.0571. The van der Waals surface area contributed by atoms with Gasteiger partial charge in [0.05, 0.1) is 0 Å². The molecule has 5 nitrogen and oxygen atoms in total. The van der Waals surface area contributed by atoms with Gasteiger partial charge >= 0.3 is 11.9 Å². The minimum absolute atomic E-state index is 0.0360. The highest BCUT2D eigenvalue weighted by Crippen LogP contribution is 2.18. The van der Waals surface area contributed by atoms with Gasteiger partial charge in [-0.2, -0.15) is 0 Å². The number of hydrogen-bond acceptors (Lipinski definition) is 4. The van der Waals surface area contributed by atoms with Gasteiger partial charge in [0.2, 0.25) is 0 Å². The number of unbranched alkanes of at least 4 members (excludes halogenated alkanes) is 14. The molecule has 0 rings (SSSR count). The monoisotopic (exact) mass is 549 g/mol. The van der Waals surface area contributed by atoms with Crippen molar-refractivity contribution < 1.29 is 19.4 Å². The zero-order chi connectivity index (χ0) is 28.8. The molecule has 1 unspecified atom stereocenters. The number of carboxylic acids is 1. The van der Waals surface area contributed by atoms with Crippen molar-refractivity contribution in [2.24, 2.45) is 0 Å². The predicted octanol–water partition coefficient (Wildman–Crippen LogP) is 9.65. The van der Waals surface area contributed by atoms with Crippen molar-refractivity contribution in [1.29, 1.82) is 0 Å². The Morgan fingerprint density at radius 1 is 0.667 bits per heavy atom. The van der Waals surface area contributed by atoms with Crippen LogP contribution in [0.4, 0.5) is 0 Å². The van der Waals surface area contributed by atoms with E-state index in [0.29, 0.717) is 6.42 Å². The van der Waals surface area contributed by atoms with Gasteiger partial charge in [0.1, 0.15) is 6.10 Å². The smallest absolute Gasteiger partial charge is 0.306 e. The Morgan fingerprint density at radius 2 is 1.18 bits per heavy atom. The number of carbonyl (C=O) groups excluding carboxylic acids is 1. The summed E-state index contributed by atoms with van der Waals surface area (Å²) in [5, 5.41) is 8.75. The van der Waals surface area contributed by atoms with Crippen molar-refractivity contribution in [3.63, 3.8) is 0 Å². The van der Waals surface area contributed by atoms with Gasteiger partial charge < -0.3 is 14.7 Å². The van der Waals surface area contributed by atoms with E-state index in [-0.39, 0.29) is 18.5 Å². The molecular weight excluding hydrogens is 486 g/mol. The molecule has 39 heavy (non-hydrogen) atoms. The maximum Gasteiger partial charge on any atom is 0.306 e. The average Bonchev–Trinajstić information content (AvgIpc) is 2.89. The van der Waals surface area contributed by atoms with E-state index in [1.54, 1.807) is 0 Å². The van der Waals surface area contributed by atoms with Crippen LogP contribution in [0.5, 0.6) is 0 Å². The molecule has 1 atom stereocenters. The van der Waals surface area contributed by atoms with E-state index >= 15 is 0 Å². The fraction of sp³-hybridized carbons (Fsp3) is 0.824. The first-order valence-electron chi connectivity index (χ1n) is 16.3. The van der Waals surface area contributed by atoms with E-state index in [1.807, 2.05) is 14.1 Å². The van der Waals surface area contributed by atoms with Gasteiger partial charge in [-0.05, 0) is 91.3 Å². The first-order chi connectivity index (χ1) is 19.0. The second-order valence-electron chi connectivity index (χ2n) is 11.4. The zero-order valence-electron chi connectivity index (χ0n) is 26.0. The molecule has 5 heteroatoms. The molecule has 0 heterocycles. The van der Waals surface area contributed by atoms with Crippen LogP contribution in [0.25, 0.3) is 0 Å². The summed E-state index contributed by atoms with van der Waals surface area (Å²) in [5.41, 5.74) is 0. The van der Waals surface area contributed by atoms with Crippen LogP contribution in [0.2, 0.25) is 0 Å². The van der Waals surface area contributed by atoms with Crippen molar-refractivity contribution >= 4 is 11.9 Å². The summed E-state index contributed by atoms with van der Waals surface area (Å²) in [7, 11) is 4.05. The number of nitrogens with zero attached hydrogens (tertiary/aromatic N) is 1. The van der Waals surface area contributed by atoms with Gasteiger partial charge in [-0.3, -0.25) is 9.59 Å². The van der Waals surface area contributed by atoms with Crippen LogP contribution in [0, 0.1) is 0 Å². The highest BCUT2D eigenvalue weighted by Gasteiger charge is 2.14. The van der Waals surface area contributed by atoms with Crippen molar-refractivity contribution in [1.82, 2.24) is 4.90 Å². The molecule has 0 saturated heterocycles. The maximum absolute atomic E-state index is 12.4. The largest absolute Gasteiger partial charge is 0.481 e. The number of aliphatic carboxylic acids is 1. The molecular formula is C34H63NO4. The lowest BCUT2D eigenvalue weighted by atomic mass is 10.0. The fourth-order valence-corrected chi connectivity index (χ4v) is 4.76. The number of esters is 1. The third-order valence-corrected chi connectivity index (χ3v) is 7.18. The number of allylic oxidation sites excluding steroid dienone is 4. The van der Waals surface area contributed by atoms with Crippen LogP contribution >= 0.6 is 0 Å². The van der Waals surface area contributed by atoms with E-state index in [9.17, 15) is 9.59 Å². The molecule has 0 aliphatic heterocycles. The lowest BCUT2D eigenvalue weighted by molar-refractivity contribution is -0.150. The topological polar surface area (TPSA) is 66.8 Å². The average molecular weight is 550 g/mol. The summed E-state index contributed by atoms with van der Waals surface area (Å²) in [6.07, 6.45) is 34.0. The summed E-state index contributed by atoms with van der Waals surface area (Å²) in [5.74, 6) is -0.763. The third-order valence-electron chi connectivity index (χ3n) is 7.18. The molecule has 0 aromatic rings. The lowest BCUT2D eigenvalue weighted by Gasteiger charge is -2.18. The standard InChI is InChI=1S/C34H63NO4/c1-4-5-6-7-8-9-10-11-12-13-14-15-16-17-18-20-23-27-32(39-34(38)30-26-31-35(2)3)28-24-21-19-22-25-29-33(36)37/h8-9,11-12,32H,4-7,10,13-31H2,1-3H3,(H,36,37)/b9-8-,12-11-. The third kappa shape index (κ3) is 30.8. The summed E-state index contributed by atoms with van der Waals surface area (Å²) in [6, 6.07) is 0. The number of hydrogen-bond donors (Lipinski definition) is 1. The number of carboxylic acid groups (broad SMARTS) is 1. The minimum Gasteiger partial charge on any atom is -0.481 e. The number of ether oxygens (including phenoxy) is 1. The van der Waals surface area contributed by atoms with Gasteiger partial charge in [0.15, 0.2) is 0 Å². The highest BCUT2D eigenvalue weighted by molar-refractivity contribution is 5.69. The van der Waals surface area contributed by atoms with E-state index in [2.05, 4.69) is 36.1 Å². The second kappa shape index (κ2) is 29.4. The fourth-order valence-electron chi connectivity index (χ4n) is 4.76. The first-order valence-corrected chi connectivity index (χ1v) is 16.3. The summed E-state index contributed by atoms with van der Waals surface area (Å²) in [4.78, 5) is 25.1. The molecule has 0 radical (unpaired) electrons.